The van der Waals surface area contributed by atoms with Gasteiger partial charge >= 0.3 is 0 Å². The van der Waals surface area contributed by atoms with Gasteiger partial charge in [-0.15, -0.1) is 11.3 Å². The molecule has 0 saturated carbocycles. The zero-order valence-corrected chi connectivity index (χ0v) is 26.1. The first-order chi connectivity index (χ1) is 21.8. The Hall–Kier alpha value is -4.78. The van der Waals surface area contributed by atoms with E-state index >= 15 is 0 Å². The van der Waals surface area contributed by atoms with Gasteiger partial charge in [0.15, 0.2) is 23.1 Å². The lowest BCUT2D eigenvalue weighted by atomic mass is 10.0. The zero-order valence-electron chi connectivity index (χ0n) is 25.3. The van der Waals surface area contributed by atoms with E-state index in [1.165, 1.54) is 18.4 Å². The fraction of sp³-hybridized carbons (Fsp3) is 0.375. The predicted molar refractivity (Wildman–Crippen MR) is 166 cm³/mol. The number of amides is 3. The Morgan fingerprint density at radius 1 is 1.07 bits per heavy atom. The minimum atomic E-state index is -0.537. The number of piperidine rings is 1. The van der Waals surface area contributed by atoms with Crippen molar-refractivity contribution in [3.8, 4) is 23.0 Å². The Balaban J connectivity index is 1.28. The summed E-state index contributed by atoms with van der Waals surface area (Å²) in [7, 11) is 3.09. The minimum absolute atomic E-state index is 0.108. The number of ether oxygens (including phenoxy) is 4. The molecule has 2 atom stereocenters. The van der Waals surface area contributed by atoms with Gasteiger partial charge in [0.25, 0.3) is 11.8 Å². The van der Waals surface area contributed by atoms with Crippen LogP contribution in [0, 0.1) is 6.92 Å². The van der Waals surface area contributed by atoms with Gasteiger partial charge in [-0.3, -0.25) is 18.8 Å². The van der Waals surface area contributed by atoms with Gasteiger partial charge in [-0.1, -0.05) is 6.07 Å². The Bertz CT molecular complexity index is 1730. The van der Waals surface area contributed by atoms with Gasteiger partial charge in [-0.2, -0.15) is 0 Å². The third-order valence-electron chi connectivity index (χ3n) is 8.07. The third kappa shape index (κ3) is 6.53. The SMILES string of the molecule is COc1cc2ccc1CNC(=O)CCc1ccc(OC)c(c1)OCC(=O)N[C@@H]1CN(C(=O)c3c(C)nc4sccn34)CC[C@@H]1O2. The average Bonchev–Trinajstić information content (AvgIpc) is 3.62. The molecule has 0 radical (unpaired) electrons. The number of carbonyl (C=O) groups is 3. The monoisotopic (exact) mass is 633 g/mol. The molecule has 13 heteroatoms. The Morgan fingerprint density at radius 2 is 1.91 bits per heavy atom. The summed E-state index contributed by atoms with van der Waals surface area (Å²) in [5.74, 6) is 1.35. The molecule has 2 N–H and O–H groups in total. The van der Waals surface area contributed by atoms with E-state index in [2.05, 4.69) is 15.6 Å². The lowest BCUT2D eigenvalue weighted by molar-refractivity contribution is -0.125. The van der Waals surface area contributed by atoms with Crippen molar-refractivity contribution < 1.29 is 33.3 Å². The van der Waals surface area contributed by atoms with Gasteiger partial charge in [0, 0.05) is 55.7 Å². The number of fused-ring (bicyclic) bond motifs is 10. The Labute approximate surface area is 264 Å². The van der Waals surface area contributed by atoms with Crippen LogP contribution in [0.3, 0.4) is 0 Å². The number of aryl methyl sites for hydroxylation is 2. The van der Waals surface area contributed by atoms with Crippen molar-refractivity contribution >= 4 is 34.0 Å². The lowest BCUT2D eigenvalue weighted by Gasteiger charge is -2.38. The Morgan fingerprint density at radius 3 is 2.73 bits per heavy atom. The fourth-order valence-corrected chi connectivity index (χ4v) is 6.50. The molecule has 7 rings (SSSR count). The van der Waals surface area contributed by atoms with Crippen LogP contribution in [0.25, 0.3) is 4.96 Å². The maximum atomic E-state index is 13.8. The number of nitrogens with one attached hydrogen (secondary N) is 2. The number of methoxy groups -OCH3 is 2. The van der Waals surface area contributed by atoms with E-state index in [0.29, 0.717) is 60.3 Å². The number of aromatic nitrogens is 2. The van der Waals surface area contributed by atoms with E-state index in [-0.39, 0.29) is 37.3 Å². The number of benzene rings is 2. The molecule has 1 saturated heterocycles. The fourth-order valence-electron chi connectivity index (χ4n) is 5.74. The summed E-state index contributed by atoms with van der Waals surface area (Å²) in [5, 5.41) is 7.90. The number of thiazole rings is 1. The normalized spacial score (nSPS) is 19.2. The van der Waals surface area contributed by atoms with Gasteiger partial charge in [-0.25, -0.2) is 4.98 Å². The predicted octanol–water partition coefficient (Wildman–Crippen LogP) is 3.14. The zero-order chi connectivity index (χ0) is 31.5. The van der Waals surface area contributed by atoms with Crippen LogP contribution in [-0.2, 0) is 22.6 Å². The molecule has 45 heavy (non-hydrogen) atoms. The molecule has 3 amide bonds. The highest BCUT2D eigenvalue weighted by Gasteiger charge is 2.36. The van der Waals surface area contributed by atoms with Crippen LogP contribution in [0.1, 0.15) is 40.2 Å². The van der Waals surface area contributed by atoms with Crippen LogP contribution in [0.15, 0.2) is 48.0 Å². The first-order valence-electron chi connectivity index (χ1n) is 14.7. The van der Waals surface area contributed by atoms with E-state index < -0.39 is 12.1 Å². The van der Waals surface area contributed by atoms with Crippen LogP contribution in [0.5, 0.6) is 23.0 Å². The number of imidazole rings is 1. The number of hydrogen-bond donors (Lipinski definition) is 2. The van der Waals surface area contributed by atoms with Crippen molar-refractivity contribution in [2.75, 3.05) is 33.9 Å². The average molecular weight is 634 g/mol. The topological polar surface area (TPSA) is 133 Å². The van der Waals surface area contributed by atoms with Gasteiger partial charge in [0.05, 0.1) is 26.0 Å². The van der Waals surface area contributed by atoms with Crippen LogP contribution < -0.4 is 29.6 Å². The Kier molecular flexibility index (Phi) is 8.78. The third-order valence-corrected chi connectivity index (χ3v) is 8.83. The molecule has 2 aromatic carbocycles. The van der Waals surface area contributed by atoms with Crippen molar-refractivity contribution in [3.63, 3.8) is 0 Å². The van der Waals surface area contributed by atoms with Crippen molar-refractivity contribution in [2.24, 2.45) is 0 Å². The van der Waals surface area contributed by atoms with E-state index in [1.54, 1.807) is 34.6 Å². The van der Waals surface area contributed by atoms with Crippen molar-refractivity contribution in [1.82, 2.24) is 24.9 Å². The largest absolute Gasteiger partial charge is 0.496 e. The van der Waals surface area contributed by atoms with Crippen molar-refractivity contribution in [1.29, 1.82) is 0 Å². The maximum absolute atomic E-state index is 13.8. The second-order valence-electron chi connectivity index (χ2n) is 11.0. The summed E-state index contributed by atoms with van der Waals surface area (Å²) in [4.78, 5) is 46.7. The van der Waals surface area contributed by atoms with Crippen LogP contribution in [0.4, 0.5) is 0 Å². The number of rotatable bonds is 3. The van der Waals surface area contributed by atoms with Crippen molar-refractivity contribution in [3.05, 3.63) is 70.5 Å². The molecule has 236 valence electrons. The standard InChI is InChI=1S/C32H35N5O7S/c1-19-30(37-12-13-45-32(37)34-19)31(40)36-11-10-24-23(17-36)35-29(39)18-43-27-14-20(4-8-25(27)41-2)5-9-28(38)33-16-21-6-7-22(44-24)15-26(21)42-3/h4,6-8,12-15,23-24H,5,9-11,16-18H2,1-3H3,(H,33,38)(H,35,39)/t23-,24+/m1/s1. The van der Waals surface area contributed by atoms with Gasteiger partial charge < -0.3 is 34.5 Å². The number of nitrogens with zero attached hydrogens (tertiary/aromatic N) is 3. The van der Waals surface area contributed by atoms with Gasteiger partial charge in [0.2, 0.25) is 5.91 Å². The second kappa shape index (κ2) is 13.1. The van der Waals surface area contributed by atoms with E-state index in [1.807, 2.05) is 36.7 Å². The summed E-state index contributed by atoms with van der Waals surface area (Å²) in [5.41, 5.74) is 2.84. The molecular formula is C32H35N5O7S. The molecule has 0 spiro atoms. The maximum Gasteiger partial charge on any atom is 0.272 e. The van der Waals surface area contributed by atoms with Gasteiger partial charge in [-0.05, 0) is 43.2 Å². The quantitative estimate of drug-likeness (QED) is 0.352. The lowest BCUT2D eigenvalue weighted by Crippen LogP contribution is -2.58. The highest BCUT2D eigenvalue weighted by molar-refractivity contribution is 7.15. The highest BCUT2D eigenvalue weighted by Crippen LogP contribution is 2.30. The molecule has 3 aliphatic rings. The summed E-state index contributed by atoms with van der Waals surface area (Å²) < 4.78 is 25.2. The molecular weight excluding hydrogens is 598 g/mol. The number of likely N-dealkylation sites (tertiary alicyclic amines) is 1. The summed E-state index contributed by atoms with van der Waals surface area (Å²) in [6.07, 6.45) is 2.61. The van der Waals surface area contributed by atoms with Crippen LogP contribution in [0.2, 0.25) is 0 Å². The van der Waals surface area contributed by atoms with E-state index in [0.717, 1.165) is 16.1 Å². The van der Waals surface area contributed by atoms with Crippen LogP contribution in [-0.4, -0.2) is 78.1 Å². The first kappa shape index (κ1) is 30.3. The van der Waals surface area contributed by atoms with Crippen molar-refractivity contribution in [2.45, 2.75) is 44.9 Å². The molecule has 0 unspecified atom stereocenters. The number of hydrogen-bond acceptors (Lipinski definition) is 9. The van der Waals surface area contributed by atoms with E-state index in [4.69, 9.17) is 18.9 Å². The molecule has 12 nitrogen and oxygen atoms in total. The summed E-state index contributed by atoms with van der Waals surface area (Å²) in [6.45, 7) is 2.49. The molecule has 4 bridgehead atoms. The molecule has 5 heterocycles. The summed E-state index contributed by atoms with van der Waals surface area (Å²) in [6, 6.07) is 10.3. The van der Waals surface area contributed by atoms with E-state index in [9.17, 15) is 14.4 Å². The molecule has 0 aliphatic carbocycles. The highest BCUT2D eigenvalue weighted by atomic mass is 32.1. The smallest absolute Gasteiger partial charge is 0.272 e. The second-order valence-corrected chi connectivity index (χ2v) is 11.9. The summed E-state index contributed by atoms with van der Waals surface area (Å²) >= 11 is 1.47. The minimum Gasteiger partial charge on any atom is -0.496 e. The molecule has 2 aromatic heterocycles. The molecule has 3 aliphatic heterocycles. The van der Waals surface area contributed by atoms with Crippen LogP contribution >= 0.6 is 11.3 Å². The first-order valence-corrected chi connectivity index (χ1v) is 15.6. The number of carbonyl (C=O) groups excluding carboxylic acids is 3. The molecule has 1 fully saturated rings. The van der Waals surface area contributed by atoms with Gasteiger partial charge in [0.1, 0.15) is 23.3 Å². The molecule has 4 aromatic rings.